The average molecular weight is 426 g/mol. The van der Waals surface area contributed by atoms with E-state index in [1.54, 1.807) is 11.3 Å². The van der Waals surface area contributed by atoms with E-state index in [1.165, 1.54) is 16.9 Å². The fourth-order valence-electron chi connectivity index (χ4n) is 4.42. The summed E-state index contributed by atoms with van der Waals surface area (Å²) < 4.78 is 0. The second kappa shape index (κ2) is 9.31. The summed E-state index contributed by atoms with van der Waals surface area (Å²) >= 11 is 1.69. The van der Waals surface area contributed by atoms with Crippen molar-refractivity contribution in [3.8, 4) is 0 Å². The van der Waals surface area contributed by atoms with Crippen molar-refractivity contribution in [3.63, 3.8) is 0 Å². The number of para-hydroxylation sites is 1. The highest BCUT2D eigenvalue weighted by atomic mass is 32.1. The van der Waals surface area contributed by atoms with Gasteiger partial charge in [0.15, 0.2) is 0 Å². The number of fused-ring (bicyclic) bond motifs is 1. The van der Waals surface area contributed by atoms with Crippen LogP contribution in [0.1, 0.15) is 45.9 Å². The lowest BCUT2D eigenvalue weighted by molar-refractivity contribution is -0.117. The summed E-state index contributed by atoms with van der Waals surface area (Å²) in [5, 5.41) is 3.04. The van der Waals surface area contributed by atoms with Crippen molar-refractivity contribution in [2.75, 3.05) is 38.0 Å². The maximum atomic E-state index is 13.0. The van der Waals surface area contributed by atoms with Gasteiger partial charge in [0.25, 0.3) is 5.91 Å². The number of anilines is 1. The van der Waals surface area contributed by atoms with E-state index in [1.807, 2.05) is 29.2 Å². The molecule has 1 aliphatic heterocycles. The van der Waals surface area contributed by atoms with E-state index in [2.05, 4.69) is 30.1 Å². The first-order valence-electron chi connectivity index (χ1n) is 11.0. The van der Waals surface area contributed by atoms with Crippen molar-refractivity contribution < 1.29 is 9.59 Å². The molecule has 5 nitrogen and oxygen atoms in total. The fourth-order valence-corrected chi connectivity index (χ4v) is 5.60. The van der Waals surface area contributed by atoms with Crippen LogP contribution in [-0.2, 0) is 24.1 Å². The molecule has 0 bridgehead atoms. The van der Waals surface area contributed by atoms with Gasteiger partial charge in [-0.05, 0) is 54.9 Å². The maximum absolute atomic E-state index is 13.0. The standard InChI is InChI=1S/C24H31N3O2S/c1-3-18-6-4-5-7-20(18)25-23(28)16-26-10-12-27(13-11-26)24(29)22-15-19-14-17(2)8-9-21(19)30-22/h4-7,15,17H,3,8-14,16H2,1-2H3,(H,25,28)/t17-/m0/s1. The summed E-state index contributed by atoms with van der Waals surface area (Å²) in [4.78, 5) is 31.8. The van der Waals surface area contributed by atoms with Gasteiger partial charge in [-0.15, -0.1) is 11.3 Å². The smallest absolute Gasteiger partial charge is 0.264 e. The van der Waals surface area contributed by atoms with Crippen molar-refractivity contribution >= 4 is 28.8 Å². The molecule has 1 N–H and O–H groups in total. The number of amides is 2. The van der Waals surface area contributed by atoms with Crippen molar-refractivity contribution in [3.05, 3.63) is 51.2 Å². The Morgan fingerprint density at radius 1 is 1.17 bits per heavy atom. The minimum absolute atomic E-state index is 0.00993. The van der Waals surface area contributed by atoms with Gasteiger partial charge in [0.05, 0.1) is 11.4 Å². The van der Waals surface area contributed by atoms with Crippen LogP contribution in [0.15, 0.2) is 30.3 Å². The van der Waals surface area contributed by atoms with Crippen LogP contribution in [0.5, 0.6) is 0 Å². The molecule has 0 saturated carbocycles. The summed E-state index contributed by atoms with van der Waals surface area (Å²) in [6.45, 7) is 7.57. The molecule has 4 rings (SSSR count). The van der Waals surface area contributed by atoms with Crippen LogP contribution in [0.2, 0.25) is 0 Å². The Balaban J connectivity index is 1.28. The highest BCUT2D eigenvalue weighted by Gasteiger charge is 2.26. The molecule has 6 heteroatoms. The number of piperazine rings is 1. The molecule has 30 heavy (non-hydrogen) atoms. The number of carbonyl (C=O) groups is 2. The number of hydrogen-bond acceptors (Lipinski definition) is 4. The third kappa shape index (κ3) is 4.76. The quantitative estimate of drug-likeness (QED) is 0.792. The predicted molar refractivity (Wildman–Crippen MR) is 122 cm³/mol. The van der Waals surface area contributed by atoms with Gasteiger partial charge in [-0.3, -0.25) is 14.5 Å². The summed E-state index contributed by atoms with van der Waals surface area (Å²) in [5.41, 5.74) is 3.42. The number of hydrogen-bond donors (Lipinski definition) is 1. The second-order valence-corrected chi connectivity index (χ2v) is 9.67. The number of rotatable bonds is 5. The molecule has 2 aromatic rings. The maximum Gasteiger partial charge on any atom is 0.264 e. The number of thiophene rings is 1. The Kier molecular flexibility index (Phi) is 6.54. The van der Waals surface area contributed by atoms with Crippen LogP contribution in [0.25, 0.3) is 0 Å². The van der Waals surface area contributed by atoms with Crippen molar-refractivity contribution in [1.29, 1.82) is 0 Å². The van der Waals surface area contributed by atoms with Crippen LogP contribution < -0.4 is 5.32 Å². The third-order valence-electron chi connectivity index (χ3n) is 6.24. The first-order valence-corrected chi connectivity index (χ1v) is 11.9. The van der Waals surface area contributed by atoms with Gasteiger partial charge in [0.1, 0.15) is 0 Å². The summed E-state index contributed by atoms with van der Waals surface area (Å²) in [7, 11) is 0. The highest BCUT2D eigenvalue weighted by molar-refractivity contribution is 7.14. The van der Waals surface area contributed by atoms with Crippen molar-refractivity contribution in [2.24, 2.45) is 5.92 Å². The van der Waals surface area contributed by atoms with Gasteiger partial charge in [-0.25, -0.2) is 0 Å². The molecule has 0 unspecified atom stereocenters. The third-order valence-corrected chi connectivity index (χ3v) is 7.46. The fraction of sp³-hybridized carbons (Fsp3) is 0.500. The lowest BCUT2D eigenvalue weighted by Gasteiger charge is -2.34. The Morgan fingerprint density at radius 2 is 1.93 bits per heavy atom. The zero-order valence-electron chi connectivity index (χ0n) is 17.9. The van der Waals surface area contributed by atoms with Crippen molar-refractivity contribution in [1.82, 2.24) is 9.80 Å². The van der Waals surface area contributed by atoms with Crippen LogP contribution >= 0.6 is 11.3 Å². The van der Waals surface area contributed by atoms with E-state index in [-0.39, 0.29) is 11.8 Å². The number of benzene rings is 1. The van der Waals surface area contributed by atoms with Gasteiger partial charge in [0.2, 0.25) is 5.91 Å². The number of nitrogens with zero attached hydrogens (tertiary/aromatic N) is 2. The topological polar surface area (TPSA) is 52.7 Å². The molecule has 1 aromatic heterocycles. The van der Waals surface area contributed by atoms with E-state index in [9.17, 15) is 9.59 Å². The Hall–Kier alpha value is -2.18. The molecular weight excluding hydrogens is 394 g/mol. The first-order chi connectivity index (χ1) is 14.5. The molecule has 1 aliphatic carbocycles. The zero-order valence-corrected chi connectivity index (χ0v) is 18.8. The van der Waals surface area contributed by atoms with Gasteiger partial charge in [0, 0.05) is 36.7 Å². The lowest BCUT2D eigenvalue weighted by atomic mass is 9.90. The number of carbonyl (C=O) groups excluding carboxylic acids is 2. The van der Waals surface area contributed by atoms with Gasteiger partial charge in [-0.1, -0.05) is 32.0 Å². The number of nitrogens with one attached hydrogen (secondary N) is 1. The van der Waals surface area contributed by atoms with E-state index >= 15 is 0 Å². The lowest BCUT2D eigenvalue weighted by Crippen LogP contribution is -2.50. The molecule has 160 valence electrons. The predicted octanol–water partition coefficient (Wildman–Crippen LogP) is 3.83. The first kappa shape index (κ1) is 21.1. The SMILES string of the molecule is CCc1ccccc1NC(=O)CN1CCN(C(=O)c2cc3c(s2)CC[C@H](C)C3)CC1. The largest absolute Gasteiger partial charge is 0.335 e. The molecule has 1 fully saturated rings. The minimum Gasteiger partial charge on any atom is -0.335 e. The van der Waals surface area contributed by atoms with E-state index < -0.39 is 0 Å². The molecule has 0 radical (unpaired) electrons. The van der Waals surface area contributed by atoms with Crippen LogP contribution in [0.3, 0.4) is 0 Å². The second-order valence-electron chi connectivity index (χ2n) is 8.53. The van der Waals surface area contributed by atoms with Crippen LogP contribution in [0.4, 0.5) is 5.69 Å². The monoisotopic (exact) mass is 425 g/mol. The molecule has 0 spiro atoms. The normalized spacial score (nSPS) is 19.4. The minimum atomic E-state index is 0.00993. The van der Waals surface area contributed by atoms with Crippen molar-refractivity contribution in [2.45, 2.75) is 39.5 Å². The van der Waals surface area contributed by atoms with Gasteiger partial charge < -0.3 is 10.2 Å². The van der Waals surface area contributed by atoms with E-state index in [4.69, 9.17) is 0 Å². The molecule has 2 aliphatic rings. The molecule has 2 amide bonds. The molecule has 1 aromatic carbocycles. The summed E-state index contributed by atoms with van der Waals surface area (Å²) in [6.07, 6.45) is 4.33. The van der Waals surface area contributed by atoms with Gasteiger partial charge >= 0.3 is 0 Å². The number of aryl methyl sites for hydroxylation is 2. The highest BCUT2D eigenvalue weighted by Crippen LogP contribution is 2.32. The van der Waals surface area contributed by atoms with E-state index in [0.717, 1.165) is 48.5 Å². The zero-order chi connectivity index (χ0) is 21.1. The average Bonchev–Trinajstić information content (AvgIpc) is 3.17. The van der Waals surface area contributed by atoms with Gasteiger partial charge in [-0.2, -0.15) is 0 Å². The van der Waals surface area contributed by atoms with E-state index in [0.29, 0.717) is 25.6 Å². The molecule has 1 saturated heterocycles. The molecule has 1 atom stereocenters. The molecule has 2 heterocycles. The Labute approximate surface area is 183 Å². The Bertz CT molecular complexity index is 915. The summed E-state index contributed by atoms with van der Waals surface area (Å²) in [5.74, 6) is 0.882. The Morgan fingerprint density at radius 3 is 2.70 bits per heavy atom. The van der Waals surface area contributed by atoms with Crippen LogP contribution in [0, 0.1) is 5.92 Å². The summed E-state index contributed by atoms with van der Waals surface area (Å²) in [6, 6.07) is 10.1. The molecular formula is C24H31N3O2S. The van der Waals surface area contributed by atoms with Crippen LogP contribution in [-0.4, -0.2) is 54.3 Å².